The van der Waals surface area contributed by atoms with E-state index in [9.17, 15) is 19.5 Å². The van der Waals surface area contributed by atoms with Crippen LogP contribution in [0.1, 0.15) is 25.8 Å². The van der Waals surface area contributed by atoms with E-state index in [1.807, 2.05) is 13.8 Å². The van der Waals surface area contributed by atoms with Crippen LogP contribution in [-0.4, -0.2) is 66.6 Å². The molecular weight excluding hydrogens is 362 g/mol. The molecule has 154 valence electrons. The van der Waals surface area contributed by atoms with Crippen LogP contribution in [0.5, 0.6) is 5.75 Å². The van der Waals surface area contributed by atoms with Crippen LogP contribution in [0.4, 0.5) is 4.79 Å². The Labute approximate surface area is 165 Å². The predicted molar refractivity (Wildman–Crippen MR) is 104 cm³/mol. The van der Waals surface area contributed by atoms with Crippen LogP contribution in [0.3, 0.4) is 0 Å². The fourth-order valence-electron chi connectivity index (χ4n) is 3.01. The first kappa shape index (κ1) is 21.7. The molecule has 0 bridgehead atoms. The number of rotatable bonds is 8. The average molecular weight is 391 g/mol. The number of aldehydes is 1. The number of phenolic OH excluding ortho intramolecular Hbond substituents is 1. The van der Waals surface area contributed by atoms with Crippen molar-refractivity contribution >= 4 is 18.2 Å². The number of nitrogens with zero attached hydrogens (tertiary/aromatic N) is 1. The molecule has 1 aromatic rings. The lowest BCUT2D eigenvalue weighted by atomic mass is 10.0. The van der Waals surface area contributed by atoms with Gasteiger partial charge in [-0.2, -0.15) is 0 Å². The molecule has 28 heavy (non-hydrogen) atoms. The summed E-state index contributed by atoms with van der Waals surface area (Å²) in [6.07, 6.45) is 1.45. The van der Waals surface area contributed by atoms with Gasteiger partial charge in [0.05, 0.1) is 19.3 Å². The molecule has 1 aliphatic heterocycles. The fourth-order valence-corrected chi connectivity index (χ4v) is 3.01. The van der Waals surface area contributed by atoms with Crippen molar-refractivity contribution in [1.82, 2.24) is 15.5 Å². The normalized spacial score (nSPS) is 16.3. The van der Waals surface area contributed by atoms with E-state index in [1.54, 1.807) is 17.0 Å². The first-order chi connectivity index (χ1) is 13.4. The van der Waals surface area contributed by atoms with Gasteiger partial charge in [0, 0.05) is 13.1 Å². The molecule has 0 spiro atoms. The number of benzene rings is 1. The van der Waals surface area contributed by atoms with E-state index in [0.29, 0.717) is 45.4 Å². The maximum atomic E-state index is 12.7. The highest BCUT2D eigenvalue weighted by molar-refractivity contribution is 5.88. The number of morpholine rings is 1. The Bertz CT molecular complexity index is 656. The zero-order valence-electron chi connectivity index (χ0n) is 16.4. The second-order valence-electron chi connectivity index (χ2n) is 7.35. The number of nitrogens with one attached hydrogen (secondary N) is 2. The third-order valence-electron chi connectivity index (χ3n) is 4.50. The summed E-state index contributed by atoms with van der Waals surface area (Å²) in [5.41, 5.74) is 0.813. The summed E-state index contributed by atoms with van der Waals surface area (Å²) in [7, 11) is 0. The zero-order chi connectivity index (χ0) is 20.5. The average Bonchev–Trinajstić information content (AvgIpc) is 2.68. The summed E-state index contributed by atoms with van der Waals surface area (Å²) in [4.78, 5) is 38.3. The fraction of sp³-hybridized carbons (Fsp3) is 0.550. The van der Waals surface area contributed by atoms with Crippen molar-refractivity contribution in [2.24, 2.45) is 5.92 Å². The van der Waals surface area contributed by atoms with Gasteiger partial charge in [0.2, 0.25) is 5.91 Å². The Balaban J connectivity index is 1.98. The number of ether oxygens (including phenoxy) is 1. The van der Waals surface area contributed by atoms with Gasteiger partial charge in [-0.15, -0.1) is 0 Å². The predicted octanol–water partition coefficient (Wildman–Crippen LogP) is 1.07. The Morgan fingerprint density at radius 3 is 2.39 bits per heavy atom. The number of carbonyl (C=O) groups is 3. The molecule has 0 unspecified atom stereocenters. The molecule has 2 rings (SSSR count). The molecule has 1 aliphatic rings. The van der Waals surface area contributed by atoms with E-state index in [4.69, 9.17) is 4.74 Å². The molecular formula is C20H29N3O5. The summed E-state index contributed by atoms with van der Waals surface area (Å²) in [5.74, 6) is -0.0584. The van der Waals surface area contributed by atoms with Crippen LogP contribution in [0, 0.1) is 5.92 Å². The minimum absolute atomic E-state index is 0.137. The van der Waals surface area contributed by atoms with Crippen molar-refractivity contribution < 1.29 is 24.2 Å². The van der Waals surface area contributed by atoms with Crippen molar-refractivity contribution in [3.63, 3.8) is 0 Å². The number of carbonyl (C=O) groups excluding carboxylic acids is 3. The molecule has 0 aliphatic carbocycles. The van der Waals surface area contributed by atoms with Crippen molar-refractivity contribution in [2.75, 3.05) is 26.3 Å². The minimum atomic E-state index is -0.724. The lowest BCUT2D eigenvalue weighted by Crippen LogP contribution is -2.55. The summed E-state index contributed by atoms with van der Waals surface area (Å²) >= 11 is 0. The summed E-state index contributed by atoms with van der Waals surface area (Å²) in [6, 6.07) is 4.72. The van der Waals surface area contributed by atoms with E-state index < -0.39 is 12.1 Å². The number of phenols is 1. The van der Waals surface area contributed by atoms with Gasteiger partial charge in [0.25, 0.3) is 0 Å². The maximum absolute atomic E-state index is 12.7. The highest BCUT2D eigenvalue weighted by Gasteiger charge is 2.27. The van der Waals surface area contributed by atoms with Crippen LogP contribution < -0.4 is 10.6 Å². The van der Waals surface area contributed by atoms with Gasteiger partial charge < -0.3 is 30.2 Å². The maximum Gasteiger partial charge on any atom is 0.318 e. The molecule has 8 nitrogen and oxygen atoms in total. The Morgan fingerprint density at radius 1 is 1.18 bits per heavy atom. The molecule has 1 fully saturated rings. The van der Waals surface area contributed by atoms with Gasteiger partial charge in [-0.05, 0) is 36.5 Å². The van der Waals surface area contributed by atoms with Crippen molar-refractivity contribution in [3.8, 4) is 5.75 Å². The SMILES string of the molecule is CC(C)C[C@H](NC(=O)N1CCOCC1)C(=O)N[C@H](C=O)Cc1ccc(O)cc1. The second kappa shape index (κ2) is 10.7. The highest BCUT2D eigenvalue weighted by Crippen LogP contribution is 2.12. The van der Waals surface area contributed by atoms with E-state index in [2.05, 4.69) is 10.6 Å². The molecule has 0 saturated carbocycles. The minimum Gasteiger partial charge on any atom is -0.508 e. The van der Waals surface area contributed by atoms with Gasteiger partial charge in [0.1, 0.15) is 18.1 Å². The van der Waals surface area contributed by atoms with E-state index in [1.165, 1.54) is 12.1 Å². The van der Waals surface area contributed by atoms with Gasteiger partial charge in [-0.3, -0.25) is 4.79 Å². The first-order valence-corrected chi connectivity index (χ1v) is 9.55. The van der Waals surface area contributed by atoms with Gasteiger partial charge >= 0.3 is 6.03 Å². The molecule has 2 atom stereocenters. The van der Waals surface area contributed by atoms with Crippen LogP contribution >= 0.6 is 0 Å². The van der Waals surface area contributed by atoms with Crippen LogP contribution in [0.2, 0.25) is 0 Å². The van der Waals surface area contributed by atoms with Crippen molar-refractivity contribution in [3.05, 3.63) is 29.8 Å². The zero-order valence-corrected chi connectivity index (χ0v) is 16.4. The van der Waals surface area contributed by atoms with Gasteiger partial charge in [-0.25, -0.2) is 4.79 Å². The van der Waals surface area contributed by atoms with Gasteiger partial charge in [-0.1, -0.05) is 26.0 Å². The molecule has 3 N–H and O–H groups in total. The van der Waals surface area contributed by atoms with Gasteiger partial charge in [0.15, 0.2) is 0 Å². The van der Waals surface area contributed by atoms with Crippen LogP contribution in [0.15, 0.2) is 24.3 Å². The molecule has 1 aromatic carbocycles. The topological polar surface area (TPSA) is 108 Å². The number of hydrogen-bond donors (Lipinski definition) is 3. The molecule has 0 radical (unpaired) electrons. The van der Waals surface area contributed by atoms with Crippen molar-refractivity contribution in [2.45, 2.75) is 38.8 Å². The van der Waals surface area contributed by atoms with Crippen molar-refractivity contribution in [1.29, 1.82) is 0 Å². The third kappa shape index (κ3) is 6.84. The summed E-state index contributed by atoms with van der Waals surface area (Å²) in [5, 5.41) is 14.9. The highest BCUT2D eigenvalue weighted by atomic mass is 16.5. The number of hydrogen-bond acceptors (Lipinski definition) is 5. The Kier molecular flexibility index (Phi) is 8.25. The molecule has 0 aromatic heterocycles. The van der Waals surface area contributed by atoms with Crippen LogP contribution in [-0.2, 0) is 20.7 Å². The summed E-state index contributed by atoms with van der Waals surface area (Å²) in [6.45, 7) is 5.87. The smallest absolute Gasteiger partial charge is 0.318 e. The van der Waals surface area contributed by atoms with E-state index in [-0.39, 0.29) is 23.6 Å². The molecule has 1 heterocycles. The third-order valence-corrected chi connectivity index (χ3v) is 4.50. The number of aromatic hydroxyl groups is 1. The standard InChI is InChI=1S/C20H29N3O5/c1-14(2)11-18(22-20(27)23-7-9-28-10-8-23)19(26)21-16(13-24)12-15-3-5-17(25)6-4-15/h3-6,13-14,16,18,25H,7-12H2,1-2H3,(H,21,26)(H,22,27)/t16-,18-/m0/s1. The molecule has 8 heteroatoms. The lowest BCUT2D eigenvalue weighted by Gasteiger charge is -2.30. The largest absolute Gasteiger partial charge is 0.508 e. The van der Waals surface area contributed by atoms with Crippen LogP contribution in [0.25, 0.3) is 0 Å². The Hall–Kier alpha value is -2.61. The van der Waals surface area contributed by atoms with E-state index >= 15 is 0 Å². The lowest BCUT2D eigenvalue weighted by molar-refractivity contribution is -0.126. The Morgan fingerprint density at radius 2 is 1.82 bits per heavy atom. The quantitative estimate of drug-likeness (QED) is 0.575. The monoisotopic (exact) mass is 391 g/mol. The van der Waals surface area contributed by atoms with E-state index in [0.717, 1.165) is 5.56 Å². The second-order valence-corrected chi connectivity index (χ2v) is 7.35. The summed E-state index contributed by atoms with van der Waals surface area (Å²) < 4.78 is 5.24. The number of amides is 3. The molecule has 3 amide bonds. The number of urea groups is 1. The molecule has 1 saturated heterocycles. The first-order valence-electron chi connectivity index (χ1n) is 9.55.